The van der Waals surface area contributed by atoms with E-state index in [-0.39, 0.29) is 11.7 Å². The lowest BCUT2D eigenvalue weighted by molar-refractivity contribution is -0.123. The summed E-state index contributed by atoms with van der Waals surface area (Å²) in [6.07, 6.45) is -0.622. The Kier molecular flexibility index (Phi) is 2.38. The van der Waals surface area contributed by atoms with Crippen molar-refractivity contribution >= 4 is 5.78 Å². The smallest absolute Gasteiger partial charge is 0.164 e. The van der Waals surface area contributed by atoms with Gasteiger partial charge in [-0.25, -0.2) is 4.39 Å². The Balaban J connectivity index is 2.39. The number of halogens is 1. The van der Waals surface area contributed by atoms with Crippen molar-refractivity contribution in [1.82, 2.24) is 0 Å². The lowest BCUT2D eigenvalue weighted by atomic mass is 10.0. The van der Waals surface area contributed by atoms with Crippen LogP contribution in [0.3, 0.4) is 0 Å². The van der Waals surface area contributed by atoms with Gasteiger partial charge < -0.3 is 4.74 Å². The van der Waals surface area contributed by atoms with Gasteiger partial charge in [0.25, 0.3) is 0 Å². The maximum Gasteiger partial charge on any atom is 0.164 e. The van der Waals surface area contributed by atoms with Gasteiger partial charge in [0.1, 0.15) is 0 Å². The van der Waals surface area contributed by atoms with Gasteiger partial charge in [0.15, 0.2) is 12.0 Å². The third-order valence-electron chi connectivity index (χ3n) is 1.77. The van der Waals surface area contributed by atoms with Crippen LogP contribution < -0.4 is 0 Å². The molecule has 2 nitrogen and oxygen atoms in total. The largest absolute Gasteiger partial charge is 0.381 e. The van der Waals surface area contributed by atoms with Gasteiger partial charge >= 0.3 is 0 Å². The van der Waals surface area contributed by atoms with Crippen molar-refractivity contribution in [1.29, 1.82) is 0 Å². The highest BCUT2D eigenvalue weighted by atomic mass is 19.1. The van der Waals surface area contributed by atoms with Gasteiger partial charge in [-0.05, 0) is 13.3 Å². The zero-order chi connectivity index (χ0) is 7.56. The number of ether oxygens (including phenoxy) is 1. The van der Waals surface area contributed by atoms with Crippen molar-refractivity contribution in [2.45, 2.75) is 19.5 Å². The minimum Gasteiger partial charge on any atom is -0.381 e. The van der Waals surface area contributed by atoms with Gasteiger partial charge in [0.05, 0.1) is 6.61 Å². The van der Waals surface area contributed by atoms with Gasteiger partial charge in [-0.2, -0.15) is 0 Å². The number of hydrogen-bond acceptors (Lipinski definition) is 2. The molecule has 1 rings (SSSR count). The van der Waals surface area contributed by atoms with E-state index in [9.17, 15) is 9.18 Å². The Hall–Kier alpha value is -0.440. The van der Waals surface area contributed by atoms with E-state index in [4.69, 9.17) is 4.74 Å². The molecule has 0 spiro atoms. The predicted octanol–water partition coefficient (Wildman–Crippen LogP) is 0.950. The molecular weight excluding hydrogens is 135 g/mol. The van der Waals surface area contributed by atoms with E-state index in [1.165, 1.54) is 6.92 Å². The Labute approximate surface area is 59.4 Å². The molecular formula is C7H11FO2. The number of ketones is 1. The number of hydrogen-bond donors (Lipinski definition) is 0. The summed E-state index contributed by atoms with van der Waals surface area (Å²) in [5.41, 5.74) is 0. The van der Waals surface area contributed by atoms with Crippen LogP contribution in [0.25, 0.3) is 0 Å². The summed E-state index contributed by atoms with van der Waals surface area (Å²) < 4.78 is 17.7. The average molecular weight is 146 g/mol. The topological polar surface area (TPSA) is 26.3 Å². The van der Waals surface area contributed by atoms with E-state index in [1.54, 1.807) is 0 Å². The fourth-order valence-corrected chi connectivity index (χ4v) is 1.12. The summed E-state index contributed by atoms with van der Waals surface area (Å²) in [4.78, 5) is 10.5. The summed E-state index contributed by atoms with van der Waals surface area (Å²) in [7, 11) is 0. The molecule has 2 atom stereocenters. The fourth-order valence-electron chi connectivity index (χ4n) is 1.12. The molecule has 0 aromatic heterocycles. The molecule has 0 saturated carbocycles. The van der Waals surface area contributed by atoms with Crippen molar-refractivity contribution in [3.8, 4) is 0 Å². The highest BCUT2D eigenvalue weighted by Crippen LogP contribution is 2.19. The van der Waals surface area contributed by atoms with E-state index < -0.39 is 6.17 Å². The number of carbonyl (C=O) groups is 1. The predicted molar refractivity (Wildman–Crippen MR) is 34.5 cm³/mol. The lowest BCUT2D eigenvalue weighted by Crippen LogP contribution is -2.23. The van der Waals surface area contributed by atoms with Crippen molar-refractivity contribution in [2.75, 3.05) is 13.2 Å². The molecule has 0 bridgehead atoms. The minimum absolute atomic E-state index is 0.183. The van der Waals surface area contributed by atoms with Gasteiger partial charge in [0, 0.05) is 12.5 Å². The molecule has 1 aliphatic rings. The Morgan fingerprint density at radius 2 is 2.50 bits per heavy atom. The van der Waals surface area contributed by atoms with E-state index >= 15 is 0 Å². The number of Topliss-reactive ketones (excluding diaryl/α,β-unsaturated/α-hetero) is 1. The van der Waals surface area contributed by atoms with Crippen molar-refractivity contribution in [3.63, 3.8) is 0 Å². The quantitative estimate of drug-likeness (QED) is 0.579. The highest BCUT2D eigenvalue weighted by molar-refractivity contribution is 5.80. The van der Waals surface area contributed by atoms with E-state index in [0.29, 0.717) is 19.6 Å². The lowest BCUT2D eigenvalue weighted by Gasteiger charge is -2.08. The van der Waals surface area contributed by atoms with Crippen molar-refractivity contribution in [2.24, 2.45) is 5.92 Å². The third-order valence-corrected chi connectivity index (χ3v) is 1.77. The Morgan fingerprint density at radius 3 is 2.90 bits per heavy atom. The van der Waals surface area contributed by atoms with Crippen LogP contribution in [0.2, 0.25) is 0 Å². The van der Waals surface area contributed by atoms with Crippen LogP contribution in [0.5, 0.6) is 0 Å². The molecule has 3 heteroatoms. The maximum absolute atomic E-state index is 12.8. The first-order valence-corrected chi connectivity index (χ1v) is 3.44. The first kappa shape index (κ1) is 7.66. The molecule has 0 aromatic rings. The van der Waals surface area contributed by atoms with Crippen molar-refractivity contribution in [3.05, 3.63) is 0 Å². The summed E-state index contributed by atoms with van der Waals surface area (Å²) in [5, 5.41) is 0. The van der Waals surface area contributed by atoms with Gasteiger partial charge in [-0.1, -0.05) is 0 Å². The van der Waals surface area contributed by atoms with Crippen LogP contribution in [-0.4, -0.2) is 25.2 Å². The van der Waals surface area contributed by atoms with Crippen LogP contribution in [0.15, 0.2) is 0 Å². The Bertz CT molecular complexity index is 130. The first-order valence-electron chi connectivity index (χ1n) is 3.44. The van der Waals surface area contributed by atoms with Crippen LogP contribution in [0, 0.1) is 5.92 Å². The molecule has 1 saturated heterocycles. The molecule has 0 aliphatic carbocycles. The molecule has 1 aliphatic heterocycles. The molecule has 10 heavy (non-hydrogen) atoms. The van der Waals surface area contributed by atoms with Crippen LogP contribution in [-0.2, 0) is 9.53 Å². The average Bonchev–Trinajstić information content (AvgIpc) is 2.36. The first-order chi connectivity index (χ1) is 4.72. The zero-order valence-electron chi connectivity index (χ0n) is 5.97. The third kappa shape index (κ3) is 1.53. The van der Waals surface area contributed by atoms with Gasteiger partial charge in [0.2, 0.25) is 0 Å². The molecule has 2 unspecified atom stereocenters. The second-order valence-corrected chi connectivity index (χ2v) is 2.64. The van der Waals surface area contributed by atoms with Gasteiger partial charge in [-0.3, -0.25) is 4.79 Å². The van der Waals surface area contributed by atoms with E-state index in [1.807, 2.05) is 0 Å². The maximum atomic E-state index is 12.8. The highest BCUT2D eigenvalue weighted by Gasteiger charge is 2.28. The summed E-state index contributed by atoms with van der Waals surface area (Å²) in [6, 6.07) is 0. The van der Waals surface area contributed by atoms with E-state index in [2.05, 4.69) is 0 Å². The molecule has 0 radical (unpaired) electrons. The van der Waals surface area contributed by atoms with Crippen LogP contribution in [0.1, 0.15) is 13.3 Å². The minimum atomic E-state index is -1.30. The van der Waals surface area contributed by atoms with Crippen molar-refractivity contribution < 1.29 is 13.9 Å². The fraction of sp³-hybridized carbons (Fsp3) is 0.857. The van der Waals surface area contributed by atoms with Gasteiger partial charge in [-0.15, -0.1) is 0 Å². The molecule has 1 heterocycles. The molecule has 58 valence electrons. The summed E-state index contributed by atoms with van der Waals surface area (Å²) in [6.45, 7) is 2.28. The molecule has 1 fully saturated rings. The number of rotatable bonds is 2. The normalized spacial score (nSPS) is 28.4. The number of alkyl halides is 1. The molecule has 0 aromatic carbocycles. The second-order valence-electron chi connectivity index (χ2n) is 2.64. The Morgan fingerprint density at radius 1 is 1.80 bits per heavy atom. The zero-order valence-corrected chi connectivity index (χ0v) is 5.97. The molecule has 0 N–H and O–H groups in total. The van der Waals surface area contributed by atoms with E-state index in [0.717, 1.165) is 0 Å². The SMILES string of the molecule is CC(=O)C(F)C1CCOC1. The summed E-state index contributed by atoms with van der Waals surface area (Å²) in [5.74, 6) is -0.562. The molecule has 0 amide bonds. The monoisotopic (exact) mass is 146 g/mol. The number of carbonyl (C=O) groups excluding carboxylic acids is 1. The summed E-state index contributed by atoms with van der Waals surface area (Å²) >= 11 is 0. The van der Waals surface area contributed by atoms with Crippen LogP contribution in [0.4, 0.5) is 4.39 Å². The van der Waals surface area contributed by atoms with Crippen LogP contribution >= 0.6 is 0 Å². The second kappa shape index (κ2) is 3.10. The standard InChI is InChI=1S/C7H11FO2/c1-5(9)7(8)6-2-3-10-4-6/h6-7H,2-4H2,1H3.